The molecule has 0 radical (unpaired) electrons. The van der Waals surface area contributed by atoms with Gasteiger partial charge in [0.2, 0.25) is 0 Å². The first-order valence-electron chi connectivity index (χ1n) is 8.06. The maximum atomic E-state index is 15.0. The van der Waals surface area contributed by atoms with Gasteiger partial charge in [0.1, 0.15) is 17.3 Å². The van der Waals surface area contributed by atoms with Gasteiger partial charge in [0.25, 0.3) is 0 Å². The van der Waals surface area contributed by atoms with Crippen LogP contribution in [0.3, 0.4) is 0 Å². The van der Waals surface area contributed by atoms with E-state index in [1.54, 1.807) is 13.2 Å². The van der Waals surface area contributed by atoms with Gasteiger partial charge >= 0.3 is 0 Å². The van der Waals surface area contributed by atoms with E-state index in [4.69, 9.17) is 9.47 Å². The predicted octanol–water partition coefficient (Wildman–Crippen LogP) is 4.12. The van der Waals surface area contributed by atoms with Crippen LogP contribution in [0.4, 0.5) is 4.39 Å². The molecule has 130 valence electrons. The third kappa shape index (κ3) is 2.98. The third-order valence-electron chi connectivity index (χ3n) is 4.31. The van der Waals surface area contributed by atoms with Crippen LogP contribution in [0.2, 0.25) is 0 Å². The fraction of sp³-hybridized carbons (Fsp3) is 0.333. The fourth-order valence-electron chi connectivity index (χ4n) is 2.97. The number of thioether (sulfide) groups is 1. The fourth-order valence-corrected chi connectivity index (χ4v) is 3.45. The summed E-state index contributed by atoms with van der Waals surface area (Å²) >= 11 is 1.49. The van der Waals surface area contributed by atoms with Crippen molar-refractivity contribution in [1.82, 2.24) is 14.6 Å². The smallest absolute Gasteiger partial charge is 0.194 e. The summed E-state index contributed by atoms with van der Waals surface area (Å²) in [6, 6.07) is 7.29. The Bertz CT molecular complexity index is 924. The van der Waals surface area contributed by atoms with Crippen molar-refractivity contribution >= 4 is 17.3 Å². The molecule has 0 amide bonds. The zero-order valence-corrected chi connectivity index (χ0v) is 14.8. The van der Waals surface area contributed by atoms with Crippen molar-refractivity contribution in [3.63, 3.8) is 0 Å². The Morgan fingerprint density at radius 2 is 2.16 bits per heavy atom. The Morgan fingerprint density at radius 1 is 1.32 bits per heavy atom. The SMILES string of the molecule is COCOc1cc(C2CC2)cc(F)c1-c1nnc(SC)n2cccc12. The van der Waals surface area contributed by atoms with Crippen LogP contribution in [0.1, 0.15) is 24.3 Å². The zero-order chi connectivity index (χ0) is 17.4. The van der Waals surface area contributed by atoms with E-state index in [-0.39, 0.29) is 12.6 Å². The molecular weight excluding hydrogens is 341 g/mol. The van der Waals surface area contributed by atoms with Crippen LogP contribution in [0.25, 0.3) is 16.8 Å². The average Bonchev–Trinajstić information content (AvgIpc) is 3.35. The molecule has 1 aliphatic rings. The summed E-state index contributed by atoms with van der Waals surface area (Å²) < 4.78 is 27.6. The van der Waals surface area contributed by atoms with Gasteiger partial charge in [-0.15, -0.1) is 10.2 Å². The van der Waals surface area contributed by atoms with Crippen molar-refractivity contribution in [3.8, 4) is 17.0 Å². The second-order valence-corrected chi connectivity index (χ2v) is 6.77. The van der Waals surface area contributed by atoms with Gasteiger partial charge in [-0.2, -0.15) is 0 Å². The van der Waals surface area contributed by atoms with Gasteiger partial charge in [-0.05, 0) is 54.8 Å². The van der Waals surface area contributed by atoms with Crippen molar-refractivity contribution in [3.05, 3.63) is 41.8 Å². The van der Waals surface area contributed by atoms with Crippen molar-refractivity contribution in [2.24, 2.45) is 0 Å². The number of fused-ring (bicyclic) bond motifs is 1. The number of aromatic nitrogens is 3. The molecule has 0 N–H and O–H groups in total. The molecule has 7 heteroatoms. The molecule has 4 rings (SSSR count). The number of ether oxygens (including phenoxy) is 2. The van der Waals surface area contributed by atoms with E-state index in [1.165, 1.54) is 11.8 Å². The molecule has 0 saturated heterocycles. The van der Waals surface area contributed by atoms with E-state index in [0.29, 0.717) is 22.9 Å². The highest BCUT2D eigenvalue weighted by molar-refractivity contribution is 7.98. The monoisotopic (exact) mass is 359 g/mol. The predicted molar refractivity (Wildman–Crippen MR) is 94.6 cm³/mol. The molecule has 2 aromatic heterocycles. The van der Waals surface area contributed by atoms with Crippen LogP contribution in [-0.2, 0) is 4.74 Å². The molecule has 1 aromatic carbocycles. The van der Waals surface area contributed by atoms with Crippen molar-refractivity contribution in [1.29, 1.82) is 0 Å². The Balaban J connectivity index is 1.90. The van der Waals surface area contributed by atoms with Crippen LogP contribution in [0, 0.1) is 5.82 Å². The molecule has 1 fully saturated rings. The van der Waals surface area contributed by atoms with E-state index in [0.717, 1.165) is 29.1 Å². The summed E-state index contributed by atoms with van der Waals surface area (Å²) in [5.74, 6) is 0.523. The maximum Gasteiger partial charge on any atom is 0.194 e. The molecule has 0 aliphatic heterocycles. The molecule has 1 aliphatic carbocycles. The van der Waals surface area contributed by atoms with Gasteiger partial charge in [-0.1, -0.05) is 11.8 Å². The summed E-state index contributed by atoms with van der Waals surface area (Å²) in [5.41, 5.74) is 2.55. The number of methoxy groups -OCH3 is 1. The van der Waals surface area contributed by atoms with Crippen molar-refractivity contribution in [2.45, 2.75) is 23.9 Å². The molecule has 1 saturated carbocycles. The number of halogens is 1. The van der Waals surface area contributed by atoms with Crippen LogP contribution in [-0.4, -0.2) is 34.8 Å². The molecule has 3 aromatic rings. The average molecular weight is 359 g/mol. The van der Waals surface area contributed by atoms with E-state index in [2.05, 4.69) is 10.2 Å². The number of nitrogens with zero attached hydrogens (tertiary/aromatic N) is 3. The van der Waals surface area contributed by atoms with Crippen LogP contribution in [0.5, 0.6) is 5.75 Å². The summed E-state index contributed by atoms with van der Waals surface area (Å²) in [6.07, 6.45) is 6.01. The zero-order valence-electron chi connectivity index (χ0n) is 14.0. The molecule has 0 unspecified atom stereocenters. The highest BCUT2D eigenvalue weighted by Crippen LogP contribution is 2.44. The quantitative estimate of drug-likeness (QED) is 0.489. The van der Waals surface area contributed by atoms with Gasteiger partial charge in [-0.3, -0.25) is 4.40 Å². The molecular formula is C18H18FN3O2S. The van der Waals surface area contributed by atoms with Gasteiger partial charge in [0, 0.05) is 13.3 Å². The van der Waals surface area contributed by atoms with Crippen molar-refractivity contribution in [2.75, 3.05) is 20.2 Å². The molecule has 2 heterocycles. The van der Waals surface area contributed by atoms with Gasteiger partial charge < -0.3 is 9.47 Å². The number of rotatable bonds is 6. The topological polar surface area (TPSA) is 48.7 Å². The third-order valence-corrected chi connectivity index (χ3v) is 4.95. The lowest BCUT2D eigenvalue weighted by Gasteiger charge is -2.14. The minimum absolute atomic E-state index is 0.0498. The summed E-state index contributed by atoms with van der Waals surface area (Å²) in [4.78, 5) is 0. The number of hydrogen-bond acceptors (Lipinski definition) is 5. The minimum Gasteiger partial charge on any atom is -0.467 e. The standard InChI is InChI=1S/C18H18FN3O2S/c1-23-10-24-15-9-12(11-5-6-11)8-13(19)16(15)17-14-4-3-7-22(14)18(25-2)21-20-17/h3-4,7-9,11H,5-6,10H2,1-2H3. The Labute approximate surface area is 149 Å². The first-order chi connectivity index (χ1) is 12.2. The van der Waals surface area contributed by atoms with Crippen LogP contribution in [0.15, 0.2) is 35.6 Å². The van der Waals surface area contributed by atoms with Crippen molar-refractivity contribution < 1.29 is 13.9 Å². The maximum absolute atomic E-state index is 15.0. The van der Waals surface area contributed by atoms with E-state index < -0.39 is 0 Å². The minimum atomic E-state index is -0.343. The summed E-state index contributed by atoms with van der Waals surface area (Å²) in [5, 5.41) is 9.26. The second-order valence-electron chi connectivity index (χ2n) is 6.00. The first kappa shape index (κ1) is 16.4. The lowest BCUT2D eigenvalue weighted by molar-refractivity contribution is 0.0513. The second kappa shape index (κ2) is 6.65. The van der Waals surface area contributed by atoms with Gasteiger partial charge in [0.05, 0.1) is 11.1 Å². The lowest BCUT2D eigenvalue weighted by Crippen LogP contribution is -2.05. The van der Waals surface area contributed by atoms with E-state index in [9.17, 15) is 0 Å². The normalized spacial score (nSPS) is 14.2. The van der Waals surface area contributed by atoms with Crippen LogP contribution >= 0.6 is 11.8 Å². The molecule has 25 heavy (non-hydrogen) atoms. The van der Waals surface area contributed by atoms with E-state index in [1.807, 2.05) is 35.1 Å². The van der Waals surface area contributed by atoms with E-state index >= 15 is 4.39 Å². The highest BCUT2D eigenvalue weighted by Gasteiger charge is 2.27. The largest absolute Gasteiger partial charge is 0.467 e. The summed E-state index contributed by atoms with van der Waals surface area (Å²) in [6.45, 7) is 0.0498. The number of hydrogen-bond donors (Lipinski definition) is 0. The Hall–Kier alpha value is -2.12. The molecule has 5 nitrogen and oxygen atoms in total. The molecule has 0 atom stereocenters. The van der Waals surface area contributed by atoms with Gasteiger partial charge in [0.15, 0.2) is 11.9 Å². The lowest BCUT2D eigenvalue weighted by atomic mass is 10.0. The first-order valence-corrected chi connectivity index (χ1v) is 9.28. The Kier molecular flexibility index (Phi) is 4.35. The molecule has 0 bridgehead atoms. The highest BCUT2D eigenvalue weighted by atomic mass is 32.2. The molecule has 0 spiro atoms. The van der Waals surface area contributed by atoms with Crippen LogP contribution < -0.4 is 4.74 Å². The summed E-state index contributed by atoms with van der Waals surface area (Å²) in [7, 11) is 1.54. The Morgan fingerprint density at radius 3 is 2.88 bits per heavy atom. The van der Waals surface area contributed by atoms with Gasteiger partial charge in [-0.25, -0.2) is 4.39 Å². The number of benzene rings is 1.